The van der Waals surface area contributed by atoms with Gasteiger partial charge in [-0.15, -0.1) is 29.7 Å². The molecular formula is C63H52N4OPt-2. The van der Waals surface area contributed by atoms with Crippen LogP contribution in [0.5, 0.6) is 11.5 Å². The molecule has 0 amide bonds. The van der Waals surface area contributed by atoms with Crippen LogP contribution in [-0.4, -0.2) is 14.1 Å². The van der Waals surface area contributed by atoms with Crippen LogP contribution >= 0.6 is 0 Å². The van der Waals surface area contributed by atoms with Crippen molar-refractivity contribution in [1.82, 2.24) is 14.1 Å². The summed E-state index contributed by atoms with van der Waals surface area (Å²) in [5.74, 6) is 1.54. The Kier molecular flexibility index (Phi) is 9.25. The Morgan fingerprint density at radius 2 is 1.32 bits per heavy atom. The van der Waals surface area contributed by atoms with Gasteiger partial charge in [-0.3, -0.25) is 4.57 Å². The molecule has 0 radical (unpaired) electrons. The van der Waals surface area contributed by atoms with Gasteiger partial charge in [0, 0.05) is 44.3 Å². The van der Waals surface area contributed by atoms with Crippen molar-refractivity contribution in [3.05, 3.63) is 235 Å². The third kappa shape index (κ3) is 8.62. The van der Waals surface area contributed by atoms with Crippen LogP contribution in [0.3, 0.4) is 0 Å². The number of pyridine rings is 1. The van der Waals surface area contributed by atoms with Gasteiger partial charge in [0.15, 0.2) is 0 Å². The first-order chi connectivity index (χ1) is 37.1. The van der Waals surface area contributed by atoms with Crippen LogP contribution in [0.2, 0.25) is 0 Å². The molecule has 0 N–H and O–H groups in total. The standard InChI is InChI=1S/C63H52N4O.Pt/c1-43-19-16-30-57-60(43)66(61-52(45-20-10-7-11-21-45)28-18-29-53(61)46-22-12-8-13-23-46)42-65(57)49-26-17-27-50(39-49)68-51-32-33-54-55-38-48(62(2,3)4)31-34-56(55)67(58(54)40-51)59-37-44(35-36-64-59)41-63(5,6)47-24-14-9-15-25-47;/h7-38H,41H2,1-6H3;/q-2;/i7D,8D,10D,11D,12D,13D,20D,21D,22D,23D;. The minimum Gasteiger partial charge on any atom is -0.510 e. The van der Waals surface area contributed by atoms with Gasteiger partial charge in [-0.2, -0.15) is 18.2 Å². The molecule has 0 fully saturated rings. The zero-order chi connectivity index (χ0) is 55.3. The van der Waals surface area contributed by atoms with Crippen molar-refractivity contribution in [2.45, 2.75) is 58.8 Å². The molecule has 0 bridgehead atoms. The molecule has 0 spiro atoms. The van der Waals surface area contributed by atoms with E-state index in [2.05, 4.69) is 118 Å². The van der Waals surface area contributed by atoms with E-state index in [1.54, 1.807) is 33.4 Å². The first kappa shape index (κ1) is 34.9. The van der Waals surface area contributed by atoms with E-state index < -0.39 is 60.4 Å². The number of aromatic nitrogens is 4. The van der Waals surface area contributed by atoms with Gasteiger partial charge in [0.05, 0.1) is 30.4 Å². The number of benzene rings is 8. The van der Waals surface area contributed by atoms with Crippen molar-refractivity contribution in [2.75, 3.05) is 0 Å². The summed E-state index contributed by atoms with van der Waals surface area (Å²) in [4.78, 5) is 4.96. The molecule has 8 aromatic carbocycles. The second kappa shape index (κ2) is 18.3. The fraction of sp³-hybridized carbons (Fsp3) is 0.143. The first-order valence-electron chi connectivity index (χ1n) is 27.6. The van der Waals surface area contributed by atoms with Crippen LogP contribution < -0.4 is 9.30 Å². The molecular weight excluding hydrogens is 1020 g/mol. The van der Waals surface area contributed by atoms with Crippen molar-refractivity contribution in [3.63, 3.8) is 0 Å². The largest absolute Gasteiger partial charge is 0.510 e. The second-order valence-electron chi connectivity index (χ2n) is 18.8. The quantitative estimate of drug-likeness (QED) is 0.101. The number of rotatable bonds is 10. The van der Waals surface area contributed by atoms with Gasteiger partial charge >= 0.3 is 0 Å². The molecule has 11 aromatic rings. The number of imidazole rings is 1. The number of hydrogen-bond acceptors (Lipinski definition) is 2. The fourth-order valence-electron chi connectivity index (χ4n) is 9.25. The normalized spacial score (nSPS) is 13.9. The molecule has 0 aliphatic rings. The zero-order valence-electron chi connectivity index (χ0n) is 48.9. The number of hydrogen-bond donors (Lipinski definition) is 0. The summed E-state index contributed by atoms with van der Waals surface area (Å²) in [6.07, 6.45) is 6.12. The van der Waals surface area contributed by atoms with Crippen molar-refractivity contribution >= 4 is 32.8 Å². The Hall–Kier alpha value is -7.33. The van der Waals surface area contributed by atoms with E-state index in [9.17, 15) is 0 Å². The Morgan fingerprint density at radius 1 is 0.638 bits per heavy atom. The van der Waals surface area contributed by atoms with Crippen LogP contribution in [0.1, 0.15) is 70.6 Å². The van der Waals surface area contributed by atoms with Crippen molar-refractivity contribution in [2.24, 2.45) is 0 Å². The molecule has 69 heavy (non-hydrogen) atoms. The molecule has 0 aliphatic carbocycles. The smallest absolute Gasteiger partial charge is 0.268 e. The third-order valence-electron chi connectivity index (χ3n) is 12.6. The van der Waals surface area contributed by atoms with Gasteiger partial charge in [0.25, 0.3) is 6.33 Å². The summed E-state index contributed by atoms with van der Waals surface area (Å²) in [5.41, 5.74) is 7.76. The molecule has 6 heteroatoms. The van der Waals surface area contributed by atoms with Gasteiger partial charge in [-0.1, -0.05) is 179 Å². The van der Waals surface area contributed by atoms with E-state index in [1.165, 1.54) is 11.1 Å². The Morgan fingerprint density at radius 3 is 2.03 bits per heavy atom. The summed E-state index contributed by atoms with van der Waals surface area (Å²) < 4.78 is 99.9. The molecule has 0 aliphatic heterocycles. The maximum absolute atomic E-state index is 9.09. The van der Waals surface area contributed by atoms with Crippen molar-refractivity contribution < 1.29 is 44.1 Å². The van der Waals surface area contributed by atoms with E-state index in [1.807, 2.05) is 55.6 Å². The molecule has 0 unspecified atom stereocenters. The number of ether oxygens (including phenoxy) is 1. The van der Waals surface area contributed by atoms with Crippen molar-refractivity contribution in [3.8, 4) is 50.9 Å². The zero-order valence-corrected chi connectivity index (χ0v) is 41.2. The van der Waals surface area contributed by atoms with Crippen LogP contribution in [0.4, 0.5) is 0 Å². The molecule has 0 saturated heterocycles. The van der Waals surface area contributed by atoms with Crippen molar-refractivity contribution in [1.29, 1.82) is 0 Å². The van der Waals surface area contributed by atoms with Gasteiger partial charge in [-0.25, -0.2) is 4.98 Å². The number of para-hydroxylation sites is 2. The second-order valence-corrected chi connectivity index (χ2v) is 18.8. The van der Waals surface area contributed by atoms with E-state index in [0.717, 1.165) is 45.2 Å². The molecule has 5 nitrogen and oxygen atoms in total. The van der Waals surface area contributed by atoms with Gasteiger partial charge in [0.1, 0.15) is 5.82 Å². The summed E-state index contributed by atoms with van der Waals surface area (Å²) >= 11 is 0. The Bertz CT molecular complexity index is 4120. The van der Waals surface area contributed by atoms with Gasteiger partial charge < -0.3 is 13.9 Å². The predicted molar refractivity (Wildman–Crippen MR) is 277 cm³/mol. The van der Waals surface area contributed by atoms with E-state index in [4.69, 9.17) is 23.4 Å². The molecule has 0 saturated carbocycles. The number of nitrogens with zero attached hydrogens (tertiary/aromatic N) is 4. The van der Waals surface area contributed by atoms with Gasteiger partial charge in [0.2, 0.25) is 0 Å². The fourth-order valence-corrected chi connectivity index (χ4v) is 9.25. The average Bonchev–Trinajstić information content (AvgIpc) is 4.24. The predicted octanol–water partition coefficient (Wildman–Crippen LogP) is 15.0. The molecule has 11 rings (SSSR count). The Balaban J connectivity index is 0.00000704. The number of aryl methyl sites for hydroxylation is 1. The minimum absolute atomic E-state index is 0. The van der Waals surface area contributed by atoms with E-state index in [-0.39, 0.29) is 59.8 Å². The van der Waals surface area contributed by atoms with E-state index >= 15 is 0 Å². The monoisotopic (exact) mass is 1090 g/mol. The maximum Gasteiger partial charge on any atom is 0.268 e. The van der Waals surface area contributed by atoms with Crippen LogP contribution in [-0.2, 0) is 38.3 Å². The Labute approximate surface area is 433 Å². The van der Waals surface area contributed by atoms with E-state index in [0.29, 0.717) is 28.2 Å². The first-order valence-corrected chi connectivity index (χ1v) is 22.6. The summed E-state index contributed by atoms with van der Waals surface area (Å²) in [6.45, 7) is 13.0. The minimum atomic E-state index is -0.572. The topological polar surface area (TPSA) is 35.9 Å². The molecule has 0 atom stereocenters. The van der Waals surface area contributed by atoms with Crippen LogP contribution in [0, 0.1) is 25.4 Å². The summed E-state index contributed by atoms with van der Waals surface area (Å²) in [6, 6.07) is 43.0. The molecule has 3 aromatic heterocycles. The number of fused-ring (bicyclic) bond motifs is 4. The third-order valence-corrected chi connectivity index (χ3v) is 12.6. The summed E-state index contributed by atoms with van der Waals surface area (Å²) in [5, 5.41) is 2.05. The maximum atomic E-state index is 9.09. The SMILES string of the molecule is [2H]c1c([2H])c([2H])c(-c2cccc(-c3c([2H])c([2H])c([2H])c([2H])c3[2H])c2-[n+]2[c-]n(-c3[c-]c(Oc4[c-]c5c(cc4)c4cc(C(C)(C)C)ccc4n5-c4cc(CC(C)(C)c5ccccc5)ccn4)ccc3)c3cccc(C)c32)c([2H])c1[2H].[Pt]. The van der Waals surface area contributed by atoms with Crippen LogP contribution in [0.15, 0.2) is 194 Å². The molecule has 342 valence electrons. The summed E-state index contributed by atoms with van der Waals surface area (Å²) in [7, 11) is 0. The van der Waals surface area contributed by atoms with Crippen LogP contribution in [0.25, 0.3) is 72.3 Å². The van der Waals surface area contributed by atoms with Gasteiger partial charge in [-0.05, 0) is 98.0 Å². The average molecular weight is 1090 g/mol. The molecule has 3 heterocycles.